The quantitative estimate of drug-likeness (QED) is 0.742. The summed E-state index contributed by atoms with van der Waals surface area (Å²) in [6.07, 6.45) is 0.648. The molecule has 0 amide bonds. The number of sulfonamides is 1. The van der Waals surface area contributed by atoms with Crippen LogP contribution in [0.1, 0.15) is 5.56 Å². The smallest absolute Gasteiger partial charge is 0.273 e. The maximum absolute atomic E-state index is 12.9. The first-order valence-corrected chi connectivity index (χ1v) is 7.44. The van der Waals surface area contributed by atoms with E-state index in [4.69, 9.17) is 10.5 Å². The molecule has 0 aliphatic rings. The normalized spacial score (nSPS) is 12.6. The van der Waals surface area contributed by atoms with E-state index >= 15 is 0 Å². The highest BCUT2D eigenvalue weighted by Crippen LogP contribution is 2.14. The van der Waals surface area contributed by atoms with E-state index in [1.807, 2.05) is 4.72 Å². The second-order valence-corrected chi connectivity index (χ2v) is 6.04. The number of halogens is 2. The molecule has 0 fully saturated rings. The predicted molar refractivity (Wildman–Crippen MR) is 71.2 cm³/mol. The van der Waals surface area contributed by atoms with Crippen LogP contribution >= 0.6 is 0 Å². The molecule has 1 rings (SSSR count). The van der Waals surface area contributed by atoms with E-state index in [1.165, 1.54) is 12.1 Å². The standard InChI is InChI=1S/C12H18F2N2O3S/c1-19-7-6-10-2-4-11(5-3-10)20(17,18)16-9-12(13,14)8-15/h2-5,16H,6-9,15H2,1H3. The van der Waals surface area contributed by atoms with E-state index in [0.29, 0.717) is 13.0 Å². The lowest BCUT2D eigenvalue weighted by molar-refractivity contribution is 0.0170. The molecule has 3 N–H and O–H groups in total. The number of benzene rings is 1. The second-order valence-electron chi connectivity index (χ2n) is 4.27. The van der Waals surface area contributed by atoms with Gasteiger partial charge < -0.3 is 10.5 Å². The molecular formula is C12H18F2N2O3S. The fourth-order valence-electron chi connectivity index (χ4n) is 1.41. The van der Waals surface area contributed by atoms with Crippen LogP contribution in [0.5, 0.6) is 0 Å². The third kappa shape index (κ3) is 5.12. The Kier molecular flexibility index (Phi) is 6.00. The molecule has 5 nitrogen and oxygen atoms in total. The molecule has 1 aromatic carbocycles. The fourth-order valence-corrected chi connectivity index (χ4v) is 2.47. The van der Waals surface area contributed by atoms with Crippen LogP contribution < -0.4 is 10.5 Å². The Balaban J connectivity index is 2.73. The predicted octanol–water partition coefficient (Wildman–Crippen LogP) is 0.748. The number of hydrogen-bond donors (Lipinski definition) is 2. The lowest BCUT2D eigenvalue weighted by Gasteiger charge is -2.14. The average molecular weight is 308 g/mol. The zero-order chi connectivity index (χ0) is 15.2. The maximum Gasteiger partial charge on any atom is 0.273 e. The molecule has 0 aromatic heterocycles. The number of methoxy groups -OCH3 is 1. The minimum atomic E-state index is -3.96. The van der Waals surface area contributed by atoms with Crippen molar-refractivity contribution in [2.24, 2.45) is 5.73 Å². The first-order valence-electron chi connectivity index (χ1n) is 5.96. The highest BCUT2D eigenvalue weighted by Gasteiger charge is 2.29. The van der Waals surface area contributed by atoms with E-state index in [-0.39, 0.29) is 4.90 Å². The Morgan fingerprint density at radius 2 is 1.90 bits per heavy atom. The van der Waals surface area contributed by atoms with E-state index in [2.05, 4.69) is 0 Å². The van der Waals surface area contributed by atoms with Gasteiger partial charge in [0.25, 0.3) is 5.92 Å². The summed E-state index contributed by atoms with van der Waals surface area (Å²) in [5.41, 5.74) is 5.75. The van der Waals surface area contributed by atoms with Crippen molar-refractivity contribution >= 4 is 10.0 Å². The van der Waals surface area contributed by atoms with Crippen LogP contribution in [0.25, 0.3) is 0 Å². The number of rotatable bonds is 8. The van der Waals surface area contributed by atoms with Gasteiger partial charge in [0.2, 0.25) is 10.0 Å². The van der Waals surface area contributed by atoms with Crippen molar-refractivity contribution < 1.29 is 21.9 Å². The third-order valence-electron chi connectivity index (χ3n) is 2.65. The number of ether oxygens (including phenoxy) is 1. The minimum absolute atomic E-state index is 0.0634. The molecule has 114 valence electrons. The van der Waals surface area contributed by atoms with Crippen LogP contribution in [0.4, 0.5) is 8.78 Å². The largest absolute Gasteiger partial charge is 0.384 e. The fraction of sp³-hybridized carbons (Fsp3) is 0.500. The number of nitrogens with one attached hydrogen (secondary N) is 1. The summed E-state index contributed by atoms with van der Waals surface area (Å²) < 4.78 is 56.2. The van der Waals surface area contributed by atoms with Crippen molar-refractivity contribution in [2.45, 2.75) is 17.2 Å². The number of alkyl halides is 2. The Morgan fingerprint density at radius 1 is 1.30 bits per heavy atom. The van der Waals surface area contributed by atoms with E-state index < -0.39 is 29.0 Å². The molecule has 1 aromatic rings. The lowest BCUT2D eigenvalue weighted by Crippen LogP contribution is -2.41. The van der Waals surface area contributed by atoms with Crippen molar-refractivity contribution in [3.63, 3.8) is 0 Å². The Hall–Kier alpha value is -1.09. The molecule has 0 radical (unpaired) electrons. The first kappa shape index (κ1) is 17.0. The van der Waals surface area contributed by atoms with Gasteiger partial charge in [-0.15, -0.1) is 0 Å². The summed E-state index contributed by atoms with van der Waals surface area (Å²) in [5.74, 6) is -3.26. The van der Waals surface area contributed by atoms with Crippen molar-refractivity contribution in [3.05, 3.63) is 29.8 Å². The molecular weight excluding hydrogens is 290 g/mol. The van der Waals surface area contributed by atoms with Crippen LogP contribution in [-0.2, 0) is 21.2 Å². The van der Waals surface area contributed by atoms with Crippen molar-refractivity contribution in [2.75, 3.05) is 26.8 Å². The molecule has 8 heteroatoms. The summed E-state index contributed by atoms with van der Waals surface area (Å²) in [6.45, 7) is -1.41. The van der Waals surface area contributed by atoms with Gasteiger partial charge in [0, 0.05) is 7.11 Å². The van der Waals surface area contributed by atoms with Crippen LogP contribution in [0, 0.1) is 0 Å². The van der Waals surface area contributed by atoms with Gasteiger partial charge >= 0.3 is 0 Å². The van der Waals surface area contributed by atoms with E-state index in [0.717, 1.165) is 5.56 Å². The molecule has 0 atom stereocenters. The molecule has 0 spiro atoms. The van der Waals surface area contributed by atoms with Gasteiger partial charge in [-0.2, -0.15) is 0 Å². The van der Waals surface area contributed by atoms with Gasteiger partial charge in [-0.3, -0.25) is 0 Å². The second kappa shape index (κ2) is 7.07. The van der Waals surface area contributed by atoms with Crippen molar-refractivity contribution in [3.8, 4) is 0 Å². The molecule has 0 bridgehead atoms. The third-order valence-corrected chi connectivity index (χ3v) is 4.07. The Labute approximate surface area is 117 Å². The highest BCUT2D eigenvalue weighted by atomic mass is 32.2. The van der Waals surface area contributed by atoms with Crippen molar-refractivity contribution in [1.29, 1.82) is 0 Å². The Bertz CT molecular complexity index is 518. The summed E-state index contributed by atoms with van der Waals surface area (Å²) >= 11 is 0. The van der Waals surface area contributed by atoms with Crippen LogP contribution in [-0.4, -0.2) is 41.1 Å². The SMILES string of the molecule is COCCc1ccc(S(=O)(=O)NCC(F)(F)CN)cc1. The lowest BCUT2D eigenvalue weighted by atomic mass is 10.2. The van der Waals surface area contributed by atoms with Crippen molar-refractivity contribution in [1.82, 2.24) is 4.72 Å². The monoisotopic (exact) mass is 308 g/mol. The number of hydrogen-bond acceptors (Lipinski definition) is 4. The van der Waals surface area contributed by atoms with Gasteiger partial charge in [0.1, 0.15) is 0 Å². The van der Waals surface area contributed by atoms with Crippen LogP contribution in [0.15, 0.2) is 29.2 Å². The minimum Gasteiger partial charge on any atom is -0.384 e. The highest BCUT2D eigenvalue weighted by molar-refractivity contribution is 7.89. The zero-order valence-electron chi connectivity index (χ0n) is 11.1. The summed E-state index contributed by atoms with van der Waals surface area (Å²) in [4.78, 5) is -0.0634. The van der Waals surface area contributed by atoms with Gasteiger partial charge in [0.15, 0.2) is 0 Å². The molecule has 0 aliphatic carbocycles. The van der Waals surface area contributed by atoms with E-state index in [9.17, 15) is 17.2 Å². The summed E-state index contributed by atoms with van der Waals surface area (Å²) in [6, 6.07) is 5.98. The first-order chi connectivity index (χ1) is 9.30. The molecule has 0 heterocycles. The topological polar surface area (TPSA) is 81.4 Å². The van der Waals surface area contributed by atoms with E-state index in [1.54, 1.807) is 19.2 Å². The average Bonchev–Trinajstić information content (AvgIpc) is 2.44. The maximum atomic E-state index is 12.9. The number of nitrogens with two attached hydrogens (primary N) is 1. The molecule has 0 unspecified atom stereocenters. The van der Waals surface area contributed by atoms with Crippen LogP contribution in [0.2, 0.25) is 0 Å². The molecule has 0 saturated carbocycles. The molecule has 0 saturated heterocycles. The van der Waals surface area contributed by atoms with Gasteiger partial charge in [-0.05, 0) is 24.1 Å². The van der Waals surface area contributed by atoms with Gasteiger partial charge in [-0.25, -0.2) is 21.9 Å². The molecule has 0 aliphatic heterocycles. The Morgan fingerprint density at radius 3 is 2.40 bits per heavy atom. The summed E-state index contributed by atoms with van der Waals surface area (Å²) in [5, 5.41) is 0. The zero-order valence-corrected chi connectivity index (χ0v) is 11.9. The van der Waals surface area contributed by atoms with Crippen LogP contribution in [0.3, 0.4) is 0 Å². The van der Waals surface area contributed by atoms with Gasteiger partial charge in [0.05, 0.1) is 24.6 Å². The summed E-state index contributed by atoms with van der Waals surface area (Å²) in [7, 11) is -2.39. The molecule has 20 heavy (non-hydrogen) atoms. The van der Waals surface area contributed by atoms with Gasteiger partial charge in [-0.1, -0.05) is 12.1 Å².